The molecular formula is C20H19FN2O. The molecule has 4 heteroatoms. The second-order valence-electron chi connectivity index (χ2n) is 5.45. The van der Waals surface area contributed by atoms with E-state index in [2.05, 4.69) is 10.3 Å². The Labute approximate surface area is 141 Å². The summed E-state index contributed by atoms with van der Waals surface area (Å²) in [7, 11) is 0. The van der Waals surface area contributed by atoms with Crippen molar-refractivity contribution in [1.29, 1.82) is 0 Å². The van der Waals surface area contributed by atoms with Crippen LogP contribution in [0.5, 0.6) is 5.75 Å². The molecule has 0 amide bonds. The lowest BCUT2D eigenvalue weighted by Crippen LogP contribution is -2.13. The molecule has 0 saturated carbocycles. The molecule has 0 aliphatic heterocycles. The van der Waals surface area contributed by atoms with Crippen LogP contribution in [-0.2, 0) is 19.7 Å². The third-order valence-corrected chi connectivity index (χ3v) is 3.61. The lowest BCUT2D eigenvalue weighted by Gasteiger charge is -2.09. The Morgan fingerprint density at radius 2 is 1.79 bits per heavy atom. The molecule has 0 spiro atoms. The Hall–Kier alpha value is -2.72. The topological polar surface area (TPSA) is 34.1 Å². The molecule has 0 fully saturated rings. The van der Waals surface area contributed by atoms with Gasteiger partial charge < -0.3 is 10.1 Å². The minimum absolute atomic E-state index is 0.220. The molecule has 1 aromatic heterocycles. The number of hydrogen-bond acceptors (Lipinski definition) is 3. The predicted molar refractivity (Wildman–Crippen MR) is 92.0 cm³/mol. The third kappa shape index (κ3) is 4.64. The van der Waals surface area contributed by atoms with E-state index in [4.69, 9.17) is 4.74 Å². The van der Waals surface area contributed by atoms with Gasteiger partial charge in [0.05, 0.1) is 5.69 Å². The van der Waals surface area contributed by atoms with Crippen LogP contribution in [0.25, 0.3) is 0 Å². The van der Waals surface area contributed by atoms with Crippen molar-refractivity contribution in [3.05, 3.63) is 95.6 Å². The number of benzene rings is 2. The fraction of sp³-hybridized carbons (Fsp3) is 0.150. The molecule has 3 rings (SSSR count). The molecule has 1 heterocycles. The number of aromatic nitrogens is 1. The van der Waals surface area contributed by atoms with Gasteiger partial charge in [0.25, 0.3) is 0 Å². The molecule has 0 aliphatic carbocycles. The lowest BCUT2D eigenvalue weighted by molar-refractivity contribution is 0.299. The van der Waals surface area contributed by atoms with E-state index in [1.807, 2.05) is 42.5 Å². The summed E-state index contributed by atoms with van der Waals surface area (Å²) in [5.41, 5.74) is 2.66. The normalized spacial score (nSPS) is 10.5. The Morgan fingerprint density at radius 1 is 0.917 bits per heavy atom. The highest BCUT2D eigenvalue weighted by Gasteiger charge is 2.03. The van der Waals surface area contributed by atoms with Gasteiger partial charge in [-0.15, -0.1) is 0 Å². The van der Waals surface area contributed by atoms with Crippen molar-refractivity contribution in [2.75, 3.05) is 0 Å². The number of halogens is 1. The van der Waals surface area contributed by atoms with Gasteiger partial charge in [-0.1, -0.05) is 36.4 Å². The molecule has 2 aromatic carbocycles. The first kappa shape index (κ1) is 16.1. The summed E-state index contributed by atoms with van der Waals surface area (Å²) in [6, 6.07) is 20.3. The van der Waals surface area contributed by atoms with Crippen molar-refractivity contribution >= 4 is 0 Å². The summed E-state index contributed by atoms with van der Waals surface area (Å²) in [6.45, 7) is 1.64. The van der Waals surface area contributed by atoms with E-state index in [0.717, 1.165) is 17.0 Å². The minimum Gasteiger partial charge on any atom is -0.489 e. The van der Waals surface area contributed by atoms with E-state index in [1.165, 1.54) is 6.07 Å². The highest BCUT2D eigenvalue weighted by atomic mass is 19.1. The zero-order valence-corrected chi connectivity index (χ0v) is 13.3. The van der Waals surface area contributed by atoms with Gasteiger partial charge in [0.15, 0.2) is 0 Å². The molecule has 0 bridgehead atoms. The molecule has 0 aliphatic rings. The smallest absolute Gasteiger partial charge is 0.129 e. The van der Waals surface area contributed by atoms with Gasteiger partial charge in [-0.2, -0.15) is 0 Å². The van der Waals surface area contributed by atoms with Crippen LogP contribution in [0.4, 0.5) is 4.39 Å². The van der Waals surface area contributed by atoms with Crippen molar-refractivity contribution < 1.29 is 9.13 Å². The maximum atomic E-state index is 13.6. The molecule has 1 N–H and O–H groups in total. The summed E-state index contributed by atoms with van der Waals surface area (Å²) in [5, 5.41) is 3.35. The second kappa shape index (κ2) is 8.22. The number of pyridine rings is 1. The molecular weight excluding hydrogens is 303 g/mol. The Morgan fingerprint density at radius 3 is 2.62 bits per heavy atom. The first-order valence-corrected chi connectivity index (χ1v) is 7.87. The lowest BCUT2D eigenvalue weighted by atomic mass is 10.2. The number of hydrogen-bond donors (Lipinski definition) is 1. The van der Waals surface area contributed by atoms with E-state index in [9.17, 15) is 4.39 Å². The number of nitrogens with one attached hydrogen (secondary N) is 1. The SMILES string of the molecule is Fc1ccccc1COc1cccc(CNCc2ccccn2)c1. The number of nitrogens with zero attached hydrogens (tertiary/aromatic N) is 1. The maximum Gasteiger partial charge on any atom is 0.129 e. The van der Waals surface area contributed by atoms with Crippen LogP contribution < -0.4 is 10.1 Å². The summed E-state index contributed by atoms with van der Waals surface area (Å²) in [4.78, 5) is 4.28. The highest BCUT2D eigenvalue weighted by molar-refractivity contribution is 5.29. The largest absolute Gasteiger partial charge is 0.489 e. The van der Waals surface area contributed by atoms with Crippen LogP contribution in [-0.4, -0.2) is 4.98 Å². The van der Waals surface area contributed by atoms with Gasteiger partial charge in [-0.25, -0.2) is 4.39 Å². The molecule has 3 aromatic rings. The zero-order chi connectivity index (χ0) is 16.6. The van der Waals surface area contributed by atoms with Gasteiger partial charge in [-0.3, -0.25) is 4.98 Å². The van der Waals surface area contributed by atoms with Crippen molar-refractivity contribution in [2.45, 2.75) is 19.7 Å². The second-order valence-corrected chi connectivity index (χ2v) is 5.45. The molecule has 0 atom stereocenters. The fourth-order valence-electron chi connectivity index (χ4n) is 2.36. The number of ether oxygens (including phenoxy) is 1. The monoisotopic (exact) mass is 322 g/mol. The van der Waals surface area contributed by atoms with E-state index < -0.39 is 0 Å². The summed E-state index contributed by atoms with van der Waals surface area (Å²) in [6.07, 6.45) is 1.79. The molecule has 0 radical (unpaired) electrons. The van der Waals surface area contributed by atoms with Gasteiger partial charge in [0, 0.05) is 24.8 Å². The Kier molecular flexibility index (Phi) is 5.53. The maximum absolute atomic E-state index is 13.6. The van der Waals surface area contributed by atoms with Crippen LogP contribution in [0.1, 0.15) is 16.8 Å². The van der Waals surface area contributed by atoms with Gasteiger partial charge in [0.1, 0.15) is 18.2 Å². The summed E-state index contributed by atoms with van der Waals surface area (Å²) < 4.78 is 19.3. The van der Waals surface area contributed by atoms with Crippen LogP contribution in [0.2, 0.25) is 0 Å². The van der Waals surface area contributed by atoms with Crippen molar-refractivity contribution in [3.63, 3.8) is 0 Å². The average molecular weight is 322 g/mol. The Bertz CT molecular complexity index is 777. The molecule has 122 valence electrons. The van der Waals surface area contributed by atoms with Crippen molar-refractivity contribution in [2.24, 2.45) is 0 Å². The standard InChI is InChI=1S/C20H19FN2O/c21-20-10-2-1-7-17(20)15-24-19-9-5-6-16(12-19)13-22-14-18-8-3-4-11-23-18/h1-12,22H,13-15H2. The predicted octanol–water partition coefficient (Wildman–Crippen LogP) is 4.09. The summed E-state index contributed by atoms with van der Waals surface area (Å²) >= 11 is 0. The van der Waals surface area contributed by atoms with E-state index in [-0.39, 0.29) is 12.4 Å². The average Bonchev–Trinajstić information content (AvgIpc) is 2.62. The first-order chi connectivity index (χ1) is 11.8. The van der Waals surface area contributed by atoms with Gasteiger partial charge >= 0.3 is 0 Å². The molecule has 24 heavy (non-hydrogen) atoms. The van der Waals surface area contributed by atoms with Crippen molar-refractivity contribution in [1.82, 2.24) is 10.3 Å². The van der Waals surface area contributed by atoms with Gasteiger partial charge in [-0.05, 0) is 35.9 Å². The summed E-state index contributed by atoms with van der Waals surface area (Å²) in [5.74, 6) is 0.487. The molecule has 3 nitrogen and oxygen atoms in total. The van der Waals surface area contributed by atoms with E-state index >= 15 is 0 Å². The van der Waals surface area contributed by atoms with Crippen LogP contribution >= 0.6 is 0 Å². The van der Waals surface area contributed by atoms with E-state index in [0.29, 0.717) is 18.7 Å². The van der Waals surface area contributed by atoms with Crippen LogP contribution in [0.15, 0.2) is 72.9 Å². The Balaban J connectivity index is 1.53. The van der Waals surface area contributed by atoms with Crippen LogP contribution in [0.3, 0.4) is 0 Å². The first-order valence-electron chi connectivity index (χ1n) is 7.87. The number of rotatable bonds is 7. The molecule has 0 unspecified atom stereocenters. The molecule has 0 saturated heterocycles. The van der Waals surface area contributed by atoms with E-state index in [1.54, 1.807) is 24.4 Å². The zero-order valence-electron chi connectivity index (χ0n) is 13.3. The van der Waals surface area contributed by atoms with Crippen molar-refractivity contribution in [3.8, 4) is 5.75 Å². The minimum atomic E-state index is -0.245. The highest BCUT2D eigenvalue weighted by Crippen LogP contribution is 2.16. The van der Waals surface area contributed by atoms with Gasteiger partial charge in [0.2, 0.25) is 0 Å². The quantitative estimate of drug-likeness (QED) is 0.711. The fourth-order valence-corrected chi connectivity index (χ4v) is 2.36. The van der Waals surface area contributed by atoms with Crippen LogP contribution in [0, 0.1) is 5.82 Å². The third-order valence-electron chi connectivity index (χ3n) is 3.61.